The second-order valence-corrected chi connectivity index (χ2v) is 7.36. The predicted molar refractivity (Wildman–Crippen MR) is 105 cm³/mol. The minimum absolute atomic E-state index is 0.0597. The number of halogens is 6. The van der Waals surface area contributed by atoms with Gasteiger partial charge in [0.05, 0.1) is 30.8 Å². The molecule has 4 rings (SSSR count). The highest BCUT2D eigenvalue weighted by Crippen LogP contribution is 2.42. The third-order valence-corrected chi connectivity index (χ3v) is 5.14. The Kier molecular flexibility index (Phi) is 5.33. The van der Waals surface area contributed by atoms with Gasteiger partial charge in [0.15, 0.2) is 5.65 Å². The van der Waals surface area contributed by atoms with Crippen LogP contribution in [0.3, 0.4) is 0 Å². The summed E-state index contributed by atoms with van der Waals surface area (Å²) in [5.41, 5.74) is -1.97. The van der Waals surface area contributed by atoms with Crippen LogP contribution in [0, 0.1) is 11.6 Å². The summed E-state index contributed by atoms with van der Waals surface area (Å²) in [5.74, 6) is -11.9. The third-order valence-electron chi connectivity index (χ3n) is 5.14. The molecule has 0 unspecified atom stereocenters. The molecule has 0 atom stereocenters. The van der Waals surface area contributed by atoms with E-state index in [4.69, 9.17) is 4.74 Å². The Morgan fingerprint density at radius 2 is 1.76 bits per heavy atom. The number of carbonyl (C=O) groups is 1. The van der Waals surface area contributed by atoms with Crippen LogP contribution in [0.25, 0.3) is 16.7 Å². The van der Waals surface area contributed by atoms with Crippen molar-refractivity contribution < 1.29 is 35.9 Å². The molecule has 1 aromatic carbocycles. The zero-order valence-electron chi connectivity index (χ0n) is 16.9. The molecule has 0 saturated carbocycles. The van der Waals surface area contributed by atoms with Gasteiger partial charge in [0, 0.05) is 12.3 Å². The fourth-order valence-corrected chi connectivity index (χ4v) is 3.51. The van der Waals surface area contributed by atoms with Gasteiger partial charge in [0.1, 0.15) is 23.0 Å². The number of pyridine rings is 2. The highest BCUT2D eigenvalue weighted by Gasteiger charge is 2.63. The van der Waals surface area contributed by atoms with Gasteiger partial charge in [-0.3, -0.25) is 9.36 Å². The molecule has 2 aromatic heterocycles. The molecule has 174 valence electrons. The number of alkyl halides is 4. The predicted octanol–water partition coefficient (Wildman–Crippen LogP) is 3.93. The first-order valence-corrected chi connectivity index (χ1v) is 9.65. The van der Waals surface area contributed by atoms with E-state index in [2.05, 4.69) is 4.98 Å². The molecule has 3 aromatic rings. The van der Waals surface area contributed by atoms with Crippen molar-refractivity contribution in [2.24, 2.45) is 0 Å². The van der Waals surface area contributed by atoms with E-state index in [9.17, 15) is 35.9 Å². The quantitative estimate of drug-likeness (QED) is 0.426. The standard InChI is InChI=1S/C21H15F6N3O3/c1-2-33-19(32)13-8-30(15-5-3-11(22)7-14(15)23)18-12(17(13)31)4-6-16(28-18)29-9-20(24,25)21(26,27)10-29/h3-8H,2,9-10H2,1H3. The van der Waals surface area contributed by atoms with Gasteiger partial charge in [0.25, 0.3) is 0 Å². The summed E-state index contributed by atoms with van der Waals surface area (Å²) in [6.07, 6.45) is 0.920. The van der Waals surface area contributed by atoms with Crippen LogP contribution in [0.5, 0.6) is 0 Å². The van der Waals surface area contributed by atoms with Gasteiger partial charge >= 0.3 is 17.8 Å². The van der Waals surface area contributed by atoms with E-state index < -0.39 is 53.5 Å². The molecule has 0 amide bonds. The molecule has 1 aliphatic heterocycles. The first kappa shape index (κ1) is 22.6. The molecule has 1 saturated heterocycles. The molecule has 6 nitrogen and oxygen atoms in total. The van der Waals surface area contributed by atoms with Crippen molar-refractivity contribution >= 4 is 22.8 Å². The van der Waals surface area contributed by atoms with Crippen molar-refractivity contribution in [1.82, 2.24) is 9.55 Å². The lowest BCUT2D eigenvalue weighted by molar-refractivity contribution is -0.172. The van der Waals surface area contributed by atoms with E-state index in [1.165, 1.54) is 6.92 Å². The number of hydrogen-bond acceptors (Lipinski definition) is 5. The zero-order valence-corrected chi connectivity index (χ0v) is 16.9. The monoisotopic (exact) mass is 471 g/mol. The van der Waals surface area contributed by atoms with Crippen LogP contribution >= 0.6 is 0 Å². The van der Waals surface area contributed by atoms with Gasteiger partial charge in [-0.25, -0.2) is 18.6 Å². The molecule has 12 heteroatoms. The van der Waals surface area contributed by atoms with Crippen LogP contribution in [0.4, 0.5) is 32.2 Å². The lowest BCUT2D eigenvalue weighted by Crippen LogP contribution is -2.38. The smallest absolute Gasteiger partial charge is 0.343 e. The summed E-state index contributed by atoms with van der Waals surface area (Å²) in [7, 11) is 0. The van der Waals surface area contributed by atoms with Crippen LogP contribution in [-0.2, 0) is 4.74 Å². The van der Waals surface area contributed by atoms with E-state index in [0.717, 1.165) is 35.0 Å². The maximum Gasteiger partial charge on any atom is 0.343 e. The number of fused-ring (bicyclic) bond motifs is 1. The topological polar surface area (TPSA) is 64.4 Å². The summed E-state index contributed by atoms with van der Waals surface area (Å²) in [5, 5.41) is -0.231. The van der Waals surface area contributed by atoms with Crippen molar-refractivity contribution in [2.45, 2.75) is 18.8 Å². The molecule has 33 heavy (non-hydrogen) atoms. The van der Waals surface area contributed by atoms with Gasteiger partial charge in [0.2, 0.25) is 5.43 Å². The number of aromatic nitrogens is 2. The number of anilines is 1. The maximum atomic E-state index is 14.6. The van der Waals surface area contributed by atoms with Gasteiger partial charge < -0.3 is 9.64 Å². The number of hydrogen-bond donors (Lipinski definition) is 0. The van der Waals surface area contributed by atoms with Crippen molar-refractivity contribution in [1.29, 1.82) is 0 Å². The van der Waals surface area contributed by atoms with E-state index in [-0.39, 0.29) is 29.1 Å². The van der Waals surface area contributed by atoms with Crippen LogP contribution in [0.2, 0.25) is 0 Å². The average molecular weight is 471 g/mol. The molecule has 0 radical (unpaired) electrons. The number of carbonyl (C=O) groups excluding carboxylic acids is 1. The average Bonchev–Trinajstić information content (AvgIpc) is 2.96. The van der Waals surface area contributed by atoms with Crippen molar-refractivity contribution in [3.05, 3.63) is 63.9 Å². The summed E-state index contributed by atoms with van der Waals surface area (Å²) < 4.78 is 88.5. The highest BCUT2D eigenvalue weighted by atomic mass is 19.3. The molecule has 0 bridgehead atoms. The summed E-state index contributed by atoms with van der Waals surface area (Å²) >= 11 is 0. The summed E-state index contributed by atoms with van der Waals surface area (Å²) in [4.78, 5) is 29.8. The fraction of sp³-hybridized carbons (Fsp3) is 0.286. The second kappa shape index (κ2) is 7.78. The van der Waals surface area contributed by atoms with Crippen LogP contribution in [0.1, 0.15) is 17.3 Å². The van der Waals surface area contributed by atoms with E-state index in [1.807, 2.05) is 0 Å². The second-order valence-electron chi connectivity index (χ2n) is 7.36. The third kappa shape index (κ3) is 3.79. The summed E-state index contributed by atoms with van der Waals surface area (Å²) in [6, 6.07) is 4.65. The molecule has 0 N–H and O–H groups in total. The Labute approximate surface area is 182 Å². The van der Waals surface area contributed by atoms with E-state index in [1.54, 1.807) is 0 Å². The summed E-state index contributed by atoms with van der Waals surface area (Å²) in [6.45, 7) is -1.20. The van der Waals surface area contributed by atoms with Gasteiger partial charge in [-0.05, 0) is 31.2 Å². The Hall–Kier alpha value is -3.57. The normalized spacial score (nSPS) is 16.9. The molecular weight excluding hydrogens is 456 g/mol. The first-order valence-electron chi connectivity index (χ1n) is 9.65. The van der Waals surface area contributed by atoms with Crippen LogP contribution in [-0.4, -0.2) is 47.1 Å². The highest BCUT2D eigenvalue weighted by molar-refractivity contribution is 5.93. The number of rotatable bonds is 4. The van der Waals surface area contributed by atoms with Crippen LogP contribution in [0.15, 0.2) is 41.3 Å². The van der Waals surface area contributed by atoms with E-state index >= 15 is 0 Å². The largest absolute Gasteiger partial charge is 0.462 e. The Bertz CT molecular complexity index is 1310. The molecule has 1 fully saturated rings. The van der Waals surface area contributed by atoms with Crippen molar-refractivity contribution in [3.63, 3.8) is 0 Å². The molecule has 0 aliphatic carbocycles. The van der Waals surface area contributed by atoms with Gasteiger partial charge in [-0.15, -0.1) is 0 Å². The number of ether oxygens (including phenoxy) is 1. The minimum atomic E-state index is -4.31. The first-order chi connectivity index (χ1) is 15.4. The molecule has 3 heterocycles. The molecule has 0 spiro atoms. The SMILES string of the molecule is CCOC(=O)c1cn(-c2ccc(F)cc2F)c2nc(N3CC(F)(F)C(F)(F)C3)ccc2c1=O. The number of nitrogens with zero attached hydrogens (tertiary/aromatic N) is 3. The van der Waals surface area contributed by atoms with Crippen molar-refractivity contribution in [2.75, 3.05) is 24.6 Å². The van der Waals surface area contributed by atoms with Crippen molar-refractivity contribution in [3.8, 4) is 5.69 Å². The number of esters is 1. The Balaban J connectivity index is 1.96. The lowest BCUT2D eigenvalue weighted by atomic mass is 10.1. The fourth-order valence-electron chi connectivity index (χ4n) is 3.51. The molecular formula is C21H15F6N3O3. The minimum Gasteiger partial charge on any atom is -0.462 e. The van der Waals surface area contributed by atoms with Gasteiger partial charge in [-0.1, -0.05) is 0 Å². The molecule has 1 aliphatic rings. The number of benzene rings is 1. The Morgan fingerprint density at radius 1 is 1.09 bits per heavy atom. The van der Waals surface area contributed by atoms with E-state index in [0.29, 0.717) is 11.0 Å². The zero-order chi connectivity index (χ0) is 24.1. The Morgan fingerprint density at radius 3 is 2.36 bits per heavy atom. The van der Waals surface area contributed by atoms with Gasteiger partial charge in [-0.2, -0.15) is 17.6 Å². The maximum absolute atomic E-state index is 14.6. The lowest BCUT2D eigenvalue weighted by Gasteiger charge is -2.18. The van der Waals surface area contributed by atoms with Crippen LogP contribution < -0.4 is 10.3 Å².